The molecular formula is C20H22N4O2. The Bertz CT molecular complexity index is 921. The van der Waals surface area contributed by atoms with Crippen molar-refractivity contribution >= 4 is 22.6 Å². The van der Waals surface area contributed by atoms with E-state index in [2.05, 4.69) is 32.5 Å². The number of likely N-dealkylation sites (tertiary alicyclic amines) is 1. The summed E-state index contributed by atoms with van der Waals surface area (Å²) in [6.07, 6.45) is 4.10. The minimum atomic E-state index is -0.875. The molecule has 0 radical (unpaired) electrons. The third-order valence-electron chi connectivity index (χ3n) is 4.90. The number of aromatic amines is 1. The number of fused-ring (bicyclic) bond motifs is 1. The van der Waals surface area contributed by atoms with Gasteiger partial charge in [-0.1, -0.05) is 12.1 Å². The lowest BCUT2D eigenvalue weighted by atomic mass is 10.0. The van der Waals surface area contributed by atoms with E-state index >= 15 is 0 Å². The minimum Gasteiger partial charge on any atom is -0.478 e. The number of piperidine rings is 1. The van der Waals surface area contributed by atoms with Gasteiger partial charge in [-0.05, 0) is 55.3 Å². The molecule has 0 saturated carbocycles. The lowest BCUT2D eigenvalue weighted by molar-refractivity contribution is 0.0696. The fourth-order valence-electron chi connectivity index (χ4n) is 3.65. The lowest BCUT2D eigenvalue weighted by Gasteiger charge is -2.33. The number of aromatic nitrogens is 2. The van der Waals surface area contributed by atoms with Crippen LogP contribution >= 0.6 is 0 Å². The van der Waals surface area contributed by atoms with Crippen molar-refractivity contribution in [1.29, 1.82) is 0 Å². The average molecular weight is 350 g/mol. The SMILES string of the molecule is O=C(O)c1cccc(CN2CCCC(Nc3ccc4[nH]ncc4c3)C2)c1. The van der Waals surface area contributed by atoms with E-state index in [9.17, 15) is 4.79 Å². The summed E-state index contributed by atoms with van der Waals surface area (Å²) >= 11 is 0. The molecule has 4 rings (SSSR count). The van der Waals surface area contributed by atoms with Gasteiger partial charge in [-0.25, -0.2) is 4.79 Å². The second-order valence-electron chi connectivity index (χ2n) is 6.90. The first-order chi connectivity index (χ1) is 12.7. The third kappa shape index (κ3) is 3.70. The number of carboxylic acids is 1. The second kappa shape index (κ2) is 7.17. The molecule has 0 amide bonds. The van der Waals surface area contributed by atoms with E-state index in [1.54, 1.807) is 12.1 Å². The average Bonchev–Trinajstić information content (AvgIpc) is 3.10. The standard InChI is InChI=1S/C20H22N4O2/c25-20(26)15-4-1-3-14(9-15)12-24-8-2-5-18(13-24)22-17-6-7-19-16(10-17)11-21-23-19/h1,3-4,6-7,9-11,18,22H,2,5,8,12-13H2,(H,21,23)(H,25,26). The predicted molar refractivity (Wildman–Crippen MR) is 101 cm³/mol. The van der Waals surface area contributed by atoms with Gasteiger partial charge in [0.1, 0.15) is 0 Å². The van der Waals surface area contributed by atoms with Crippen molar-refractivity contribution in [2.24, 2.45) is 0 Å². The molecule has 1 aliphatic heterocycles. The molecule has 3 aromatic rings. The van der Waals surface area contributed by atoms with Gasteiger partial charge in [0.05, 0.1) is 17.3 Å². The van der Waals surface area contributed by atoms with Crippen LogP contribution in [0.4, 0.5) is 5.69 Å². The molecule has 1 aliphatic rings. The van der Waals surface area contributed by atoms with Crippen molar-refractivity contribution in [2.45, 2.75) is 25.4 Å². The summed E-state index contributed by atoms with van der Waals surface area (Å²) in [5.74, 6) is -0.875. The number of hydrogen-bond donors (Lipinski definition) is 3. The lowest BCUT2D eigenvalue weighted by Crippen LogP contribution is -2.41. The zero-order valence-electron chi connectivity index (χ0n) is 14.5. The van der Waals surface area contributed by atoms with Crippen molar-refractivity contribution in [3.05, 3.63) is 59.8 Å². The number of nitrogens with zero attached hydrogens (tertiary/aromatic N) is 2. The Labute approximate surface area is 151 Å². The topological polar surface area (TPSA) is 81.2 Å². The van der Waals surface area contributed by atoms with Gasteiger partial charge in [0.15, 0.2) is 0 Å². The summed E-state index contributed by atoms with van der Waals surface area (Å²) in [4.78, 5) is 13.5. The Morgan fingerprint density at radius 1 is 1.31 bits per heavy atom. The number of carbonyl (C=O) groups is 1. The van der Waals surface area contributed by atoms with Crippen LogP contribution in [0.15, 0.2) is 48.7 Å². The quantitative estimate of drug-likeness (QED) is 0.657. The fraction of sp³-hybridized carbons (Fsp3) is 0.300. The number of anilines is 1. The van der Waals surface area contributed by atoms with Crippen molar-refractivity contribution in [1.82, 2.24) is 15.1 Å². The molecule has 26 heavy (non-hydrogen) atoms. The summed E-state index contributed by atoms with van der Waals surface area (Å²) in [5, 5.41) is 20.9. The molecule has 0 spiro atoms. The van der Waals surface area contributed by atoms with Crippen LogP contribution in [0.1, 0.15) is 28.8 Å². The van der Waals surface area contributed by atoms with E-state index in [4.69, 9.17) is 5.11 Å². The van der Waals surface area contributed by atoms with Crippen LogP contribution < -0.4 is 5.32 Å². The van der Waals surface area contributed by atoms with Crippen LogP contribution in [-0.2, 0) is 6.54 Å². The molecule has 6 heteroatoms. The second-order valence-corrected chi connectivity index (χ2v) is 6.90. The van der Waals surface area contributed by atoms with Gasteiger partial charge in [0, 0.05) is 30.2 Å². The van der Waals surface area contributed by atoms with Crippen molar-refractivity contribution in [2.75, 3.05) is 18.4 Å². The highest BCUT2D eigenvalue weighted by Crippen LogP contribution is 2.21. The number of aromatic carboxylic acids is 1. The molecule has 3 N–H and O–H groups in total. The summed E-state index contributed by atoms with van der Waals surface area (Å²) in [5.41, 5.74) is 3.55. The number of H-pyrrole nitrogens is 1. The summed E-state index contributed by atoms with van der Waals surface area (Å²) in [7, 11) is 0. The van der Waals surface area contributed by atoms with Crippen LogP contribution in [0.25, 0.3) is 10.9 Å². The Morgan fingerprint density at radius 3 is 3.12 bits per heavy atom. The van der Waals surface area contributed by atoms with Crippen LogP contribution in [0, 0.1) is 0 Å². The smallest absolute Gasteiger partial charge is 0.335 e. The van der Waals surface area contributed by atoms with Crippen molar-refractivity contribution in [3.63, 3.8) is 0 Å². The van der Waals surface area contributed by atoms with Gasteiger partial charge in [-0.15, -0.1) is 0 Å². The molecule has 0 bridgehead atoms. The Hall–Kier alpha value is -2.86. The van der Waals surface area contributed by atoms with Crippen LogP contribution in [0.5, 0.6) is 0 Å². The van der Waals surface area contributed by atoms with Gasteiger partial charge in [0.25, 0.3) is 0 Å². The van der Waals surface area contributed by atoms with E-state index < -0.39 is 5.97 Å². The van der Waals surface area contributed by atoms with E-state index in [1.807, 2.05) is 24.4 Å². The number of benzene rings is 2. The summed E-state index contributed by atoms with van der Waals surface area (Å²) < 4.78 is 0. The minimum absolute atomic E-state index is 0.350. The number of carboxylic acid groups (broad SMARTS) is 1. The number of hydrogen-bond acceptors (Lipinski definition) is 4. The van der Waals surface area contributed by atoms with Gasteiger partial charge in [-0.2, -0.15) is 5.10 Å². The first-order valence-corrected chi connectivity index (χ1v) is 8.92. The summed E-state index contributed by atoms with van der Waals surface area (Å²) in [6, 6.07) is 13.8. The molecule has 1 fully saturated rings. The third-order valence-corrected chi connectivity index (χ3v) is 4.90. The fourth-order valence-corrected chi connectivity index (χ4v) is 3.65. The molecule has 1 unspecified atom stereocenters. The molecule has 0 aliphatic carbocycles. The Balaban J connectivity index is 1.40. The van der Waals surface area contributed by atoms with Gasteiger partial charge < -0.3 is 10.4 Å². The molecule has 134 valence electrons. The number of nitrogens with one attached hydrogen (secondary N) is 2. The monoisotopic (exact) mass is 350 g/mol. The Kier molecular flexibility index (Phi) is 4.58. The van der Waals surface area contributed by atoms with Crippen LogP contribution in [0.3, 0.4) is 0 Å². The Morgan fingerprint density at radius 2 is 2.23 bits per heavy atom. The molecule has 1 aromatic heterocycles. The molecule has 2 aromatic carbocycles. The van der Waals surface area contributed by atoms with E-state index in [0.717, 1.165) is 54.6 Å². The maximum Gasteiger partial charge on any atom is 0.335 e. The molecular weight excluding hydrogens is 328 g/mol. The van der Waals surface area contributed by atoms with E-state index in [0.29, 0.717) is 11.6 Å². The number of rotatable bonds is 5. The molecule has 2 heterocycles. The zero-order chi connectivity index (χ0) is 17.9. The van der Waals surface area contributed by atoms with E-state index in [1.165, 1.54) is 0 Å². The van der Waals surface area contributed by atoms with Crippen molar-refractivity contribution < 1.29 is 9.90 Å². The largest absolute Gasteiger partial charge is 0.478 e. The molecule has 6 nitrogen and oxygen atoms in total. The zero-order valence-corrected chi connectivity index (χ0v) is 14.5. The molecule has 1 atom stereocenters. The highest BCUT2D eigenvalue weighted by molar-refractivity contribution is 5.87. The van der Waals surface area contributed by atoms with Gasteiger partial charge in [-0.3, -0.25) is 10.00 Å². The van der Waals surface area contributed by atoms with Crippen LogP contribution in [-0.4, -0.2) is 45.3 Å². The van der Waals surface area contributed by atoms with Gasteiger partial charge in [0.2, 0.25) is 0 Å². The highest BCUT2D eigenvalue weighted by atomic mass is 16.4. The highest BCUT2D eigenvalue weighted by Gasteiger charge is 2.20. The van der Waals surface area contributed by atoms with Gasteiger partial charge >= 0.3 is 5.97 Å². The normalized spacial score (nSPS) is 18.1. The first kappa shape index (κ1) is 16.6. The molecule has 1 saturated heterocycles. The predicted octanol–water partition coefficient (Wildman–Crippen LogP) is 3.34. The summed E-state index contributed by atoms with van der Waals surface area (Å²) in [6.45, 7) is 2.76. The van der Waals surface area contributed by atoms with Crippen molar-refractivity contribution in [3.8, 4) is 0 Å². The van der Waals surface area contributed by atoms with Crippen LogP contribution in [0.2, 0.25) is 0 Å². The van der Waals surface area contributed by atoms with E-state index in [-0.39, 0.29) is 0 Å². The maximum absolute atomic E-state index is 11.1. The maximum atomic E-state index is 11.1. The first-order valence-electron chi connectivity index (χ1n) is 8.92.